The van der Waals surface area contributed by atoms with Gasteiger partial charge in [0.2, 0.25) is 0 Å². The zero-order valence-electron chi connectivity index (χ0n) is 12.5. The average Bonchev–Trinajstić information content (AvgIpc) is 2.84. The lowest BCUT2D eigenvalue weighted by Gasteiger charge is -2.09. The van der Waals surface area contributed by atoms with Gasteiger partial charge in [0.1, 0.15) is 11.3 Å². The van der Waals surface area contributed by atoms with E-state index in [2.05, 4.69) is 32.6 Å². The Balaban J connectivity index is 2.08. The lowest BCUT2D eigenvalue weighted by atomic mass is 10.2. The molecule has 0 aliphatic heterocycles. The number of esters is 1. The Morgan fingerprint density at radius 3 is 2.78 bits per heavy atom. The van der Waals surface area contributed by atoms with E-state index in [0.717, 1.165) is 20.5 Å². The number of hydrogen-bond acceptors (Lipinski definition) is 4. The largest absolute Gasteiger partial charge is 0.464 e. The summed E-state index contributed by atoms with van der Waals surface area (Å²) in [5.74, 6) is 0.341. The van der Waals surface area contributed by atoms with Crippen LogP contribution in [0.25, 0.3) is 11.2 Å². The summed E-state index contributed by atoms with van der Waals surface area (Å²) in [7, 11) is 1.34. The third kappa shape index (κ3) is 3.18. The van der Waals surface area contributed by atoms with E-state index in [4.69, 9.17) is 16.3 Å². The van der Waals surface area contributed by atoms with E-state index in [0.29, 0.717) is 17.2 Å². The van der Waals surface area contributed by atoms with E-state index in [1.54, 1.807) is 12.1 Å². The number of carbonyl (C=O) groups is 1. The number of nitrogens with zero attached hydrogens (tertiary/aromatic N) is 3. The maximum absolute atomic E-state index is 11.7. The van der Waals surface area contributed by atoms with Crippen LogP contribution in [-0.2, 0) is 11.3 Å². The van der Waals surface area contributed by atoms with Gasteiger partial charge in [0.25, 0.3) is 0 Å². The van der Waals surface area contributed by atoms with Crippen molar-refractivity contribution in [3.8, 4) is 0 Å². The standard InChI is InChI=1S/C16H13ClIN3O2/c1-9-19-13-5-6-14(16(22)23-2)20-15(13)21(9)8-10-3-4-11(18)7-12(10)17/h3-7H,8H2,1-2H3. The maximum Gasteiger partial charge on any atom is 0.356 e. The molecular formula is C16H13ClIN3O2. The van der Waals surface area contributed by atoms with Crippen LogP contribution < -0.4 is 0 Å². The highest BCUT2D eigenvalue weighted by atomic mass is 127. The summed E-state index contributed by atoms with van der Waals surface area (Å²) < 4.78 is 7.75. The van der Waals surface area contributed by atoms with Gasteiger partial charge in [-0.05, 0) is 59.3 Å². The molecule has 0 N–H and O–H groups in total. The second-order valence-corrected chi connectivity index (χ2v) is 6.66. The zero-order chi connectivity index (χ0) is 16.6. The number of halogens is 2. The van der Waals surface area contributed by atoms with Gasteiger partial charge in [0.05, 0.1) is 13.7 Å². The molecule has 5 nitrogen and oxygen atoms in total. The number of rotatable bonds is 3. The first-order valence-corrected chi connectivity index (χ1v) is 8.31. The number of pyridine rings is 1. The first kappa shape index (κ1) is 16.2. The summed E-state index contributed by atoms with van der Waals surface area (Å²) in [5, 5.41) is 0.697. The molecule has 0 unspecified atom stereocenters. The fourth-order valence-electron chi connectivity index (χ4n) is 2.34. The topological polar surface area (TPSA) is 57.0 Å². The third-order valence-electron chi connectivity index (χ3n) is 3.52. The average molecular weight is 442 g/mol. The zero-order valence-corrected chi connectivity index (χ0v) is 15.4. The van der Waals surface area contributed by atoms with Gasteiger partial charge in [-0.15, -0.1) is 0 Å². The van der Waals surface area contributed by atoms with Gasteiger partial charge >= 0.3 is 5.97 Å². The van der Waals surface area contributed by atoms with E-state index < -0.39 is 5.97 Å². The molecule has 0 amide bonds. The minimum atomic E-state index is -0.468. The van der Waals surface area contributed by atoms with Crippen molar-refractivity contribution in [3.05, 3.63) is 56.0 Å². The molecule has 0 aliphatic carbocycles. The highest BCUT2D eigenvalue weighted by Crippen LogP contribution is 2.23. The second kappa shape index (κ2) is 6.45. The number of fused-ring (bicyclic) bond motifs is 1. The molecule has 3 aromatic rings. The van der Waals surface area contributed by atoms with Gasteiger partial charge < -0.3 is 9.30 Å². The van der Waals surface area contributed by atoms with Gasteiger partial charge in [-0.1, -0.05) is 17.7 Å². The first-order valence-electron chi connectivity index (χ1n) is 6.85. The number of aryl methyl sites for hydroxylation is 1. The fourth-order valence-corrected chi connectivity index (χ4v) is 3.26. The molecule has 2 heterocycles. The predicted octanol–water partition coefficient (Wildman–Crippen LogP) is 3.83. The molecule has 2 aromatic heterocycles. The molecule has 0 saturated carbocycles. The van der Waals surface area contributed by atoms with Crippen LogP contribution in [-0.4, -0.2) is 27.6 Å². The summed E-state index contributed by atoms with van der Waals surface area (Å²) in [5.41, 5.74) is 2.60. The number of methoxy groups -OCH3 is 1. The Bertz CT molecular complexity index is 908. The van der Waals surface area contributed by atoms with Crippen molar-refractivity contribution in [2.24, 2.45) is 0 Å². The summed E-state index contributed by atoms with van der Waals surface area (Å²) in [4.78, 5) is 20.6. The van der Waals surface area contributed by atoms with Crippen LogP contribution in [0.5, 0.6) is 0 Å². The molecule has 0 fully saturated rings. The quantitative estimate of drug-likeness (QED) is 0.458. The molecule has 0 spiro atoms. The lowest BCUT2D eigenvalue weighted by Crippen LogP contribution is -2.07. The Labute approximate surface area is 151 Å². The monoisotopic (exact) mass is 441 g/mol. The van der Waals surface area contributed by atoms with Crippen molar-refractivity contribution in [1.82, 2.24) is 14.5 Å². The van der Waals surface area contributed by atoms with Crippen LogP contribution in [0.15, 0.2) is 30.3 Å². The maximum atomic E-state index is 11.7. The van der Waals surface area contributed by atoms with Crippen LogP contribution >= 0.6 is 34.2 Å². The molecule has 0 aliphatic rings. The van der Waals surface area contributed by atoms with E-state index >= 15 is 0 Å². The van der Waals surface area contributed by atoms with Crippen molar-refractivity contribution in [1.29, 1.82) is 0 Å². The van der Waals surface area contributed by atoms with E-state index in [9.17, 15) is 4.79 Å². The van der Waals surface area contributed by atoms with Crippen LogP contribution in [0.2, 0.25) is 5.02 Å². The summed E-state index contributed by atoms with van der Waals surface area (Å²) in [6, 6.07) is 9.29. The number of hydrogen-bond donors (Lipinski definition) is 0. The first-order chi connectivity index (χ1) is 11.0. The van der Waals surface area contributed by atoms with Crippen molar-refractivity contribution < 1.29 is 9.53 Å². The summed E-state index contributed by atoms with van der Waals surface area (Å²) in [6.07, 6.45) is 0. The van der Waals surface area contributed by atoms with E-state index in [-0.39, 0.29) is 5.69 Å². The van der Waals surface area contributed by atoms with Crippen LogP contribution in [0.4, 0.5) is 0 Å². The summed E-state index contributed by atoms with van der Waals surface area (Å²) in [6.45, 7) is 2.44. The molecule has 118 valence electrons. The van der Waals surface area contributed by atoms with Gasteiger partial charge in [-0.3, -0.25) is 0 Å². The van der Waals surface area contributed by atoms with Crippen molar-refractivity contribution in [2.75, 3.05) is 7.11 Å². The van der Waals surface area contributed by atoms with Crippen molar-refractivity contribution in [3.63, 3.8) is 0 Å². The molecule has 0 saturated heterocycles. The van der Waals surface area contributed by atoms with Crippen molar-refractivity contribution in [2.45, 2.75) is 13.5 Å². The Hall–Kier alpha value is -1.67. The van der Waals surface area contributed by atoms with E-state index in [1.165, 1.54) is 7.11 Å². The normalized spacial score (nSPS) is 11.0. The fraction of sp³-hybridized carbons (Fsp3) is 0.188. The van der Waals surface area contributed by atoms with Crippen LogP contribution in [0, 0.1) is 10.5 Å². The van der Waals surface area contributed by atoms with Crippen molar-refractivity contribution >= 4 is 51.3 Å². The number of ether oxygens (including phenoxy) is 1. The molecule has 3 rings (SSSR count). The van der Waals surface area contributed by atoms with Gasteiger partial charge in [-0.25, -0.2) is 14.8 Å². The molecule has 0 radical (unpaired) electrons. The number of aromatic nitrogens is 3. The molecule has 0 atom stereocenters. The Kier molecular flexibility index (Phi) is 4.54. The molecular weight excluding hydrogens is 429 g/mol. The number of carbonyl (C=O) groups excluding carboxylic acids is 1. The van der Waals surface area contributed by atoms with Crippen LogP contribution in [0.1, 0.15) is 21.9 Å². The lowest BCUT2D eigenvalue weighted by molar-refractivity contribution is 0.0594. The van der Waals surface area contributed by atoms with Gasteiger partial charge in [0, 0.05) is 8.59 Å². The highest BCUT2D eigenvalue weighted by molar-refractivity contribution is 14.1. The minimum Gasteiger partial charge on any atom is -0.464 e. The van der Waals surface area contributed by atoms with Gasteiger partial charge in [-0.2, -0.15) is 0 Å². The van der Waals surface area contributed by atoms with E-state index in [1.807, 2.05) is 29.7 Å². The second-order valence-electron chi connectivity index (χ2n) is 5.01. The molecule has 0 bridgehead atoms. The Morgan fingerprint density at radius 2 is 2.09 bits per heavy atom. The smallest absolute Gasteiger partial charge is 0.356 e. The molecule has 1 aromatic carbocycles. The molecule has 23 heavy (non-hydrogen) atoms. The minimum absolute atomic E-state index is 0.259. The van der Waals surface area contributed by atoms with Gasteiger partial charge in [0.15, 0.2) is 11.3 Å². The molecule has 7 heteroatoms. The van der Waals surface area contributed by atoms with Crippen LogP contribution in [0.3, 0.4) is 0 Å². The predicted molar refractivity (Wildman–Crippen MR) is 96.9 cm³/mol. The number of benzene rings is 1. The highest BCUT2D eigenvalue weighted by Gasteiger charge is 2.14. The Morgan fingerprint density at radius 1 is 1.30 bits per heavy atom. The SMILES string of the molecule is COC(=O)c1ccc2nc(C)n(Cc3ccc(I)cc3Cl)c2n1. The summed E-state index contributed by atoms with van der Waals surface area (Å²) >= 11 is 8.54. The third-order valence-corrected chi connectivity index (χ3v) is 4.54. The number of imidazole rings is 1.